The van der Waals surface area contributed by atoms with E-state index in [0.717, 1.165) is 12.0 Å². The molecule has 0 saturated carbocycles. The van der Waals surface area contributed by atoms with Crippen molar-refractivity contribution in [2.24, 2.45) is 5.73 Å². The third-order valence-corrected chi connectivity index (χ3v) is 1.92. The molecule has 0 aromatic heterocycles. The number of nitrogens with two attached hydrogens (primary N) is 1. The second kappa shape index (κ2) is 5.00. The molecule has 0 radical (unpaired) electrons. The van der Waals surface area contributed by atoms with E-state index in [1.807, 2.05) is 12.2 Å². The number of rotatable bonds is 3. The summed E-state index contributed by atoms with van der Waals surface area (Å²) in [6, 6.07) is 4.32. The summed E-state index contributed by atoms with van der Waals surface area (Å²) in [5.74, 6) is -0.319. The Morgan fingerprint density at radius 2 is 2.23 bits per heavy atom. The molecule has 0 fully saturated rings. The Bertz CT molecular complexity index is 310. The smallest absolute Gasteiger partial charge is 0.124 e. The summed E-state index contributed by atoms with van der Waals surface area (Å²) in [6.07, 6.45) is 4.56. The first-order valence-corrected chi connectivity index (χ1v) is 4.43. The molecule has 0 atom stereocenters. The van der Waals surface area contributed by atoms with Crippen molar-refractivity contribution in [3.05, 3.63) is 40.7 Å². The van der Waals surface area contributed by atoms with Crippen molar-refractivity contribution in [3.8, 4) is 0 Å². The SMILES string of the molecule is NCC/C=C/c1ccc(F)cc1Cl. The fraction of sp³-hybridized carbons (Fsp3) is 0.200. The molecule has 0 aliphatic rings. The molecule has 3 heteroatoms. The van der Waals surface area contributed by atoms with E-state index in [-0.39, 0.29) is 5.82 Å². The summed E-state index contributed by atoms with van der Waals surface area (Å²) < 4.78 is 12.6. The van der Waals surface area contributed by atoms with Crippen LogP contribution in [-0.2, 0) is 0 Å². The Morgan fingerprint density at radius 1 is 1.46 bits per heavy atom. The van der Waals surface area contributed by atoms with Crippen LogP contribution in [0.5, 0.6) is 0 Å². The van der Waals surface area contributed by atoms with Crippen molar-refractivity contribution >= 4 is 17.7 Å². The minimum atomic E-state index is -0.319. The van der Waals surface area contributed by atoms with Gasteiger partial charge in [0.2, 0.25) is 0 Å². The van der Waals surface area contributed by atoms with E-state index in [4.69, 9.17) is 17.3 Å². The first-order chi connectivity index (χ1) is 6.24. The standard InChI is InChI=1S/C10H11ClFN/c11-10-7-9(12)5-4-8(10)3-1-2-6-13/h1,3-5,7H,2,6,13H2/b3-1+. The van der Waals surface area contributed by atoms with Gasteiger partial charge in [0.15, 0.2) is 0 Å². The molecule has 1 nitrogen and oxygen atoms in total. The van der Waals surface area contributed by atoms with Crippen LogP contribution in [0.15, 0.2) is 24.3 Å². The van der Waals surface area contributed by atoms with Crippen LogP contribution in [0.3, 0.4) is 0 Å². The lowest BCUT2D eigenvalue weighted by atomic mass is 10.2. The molecule has 0 bridgehead atoms. The number of hydrogen-bond acceptors (Lipinski definition) is 1. The first kappa shape index (κ1) is 10.2. The monoisotopic (exact) mass is 199 g/mol. The van der Waals surface area contributed by atoms with Gasteiger partial charge < -0.3 is 5.73 Å². The van der Waals surface area contributed by atoms with Crippen LogP contribution in [0, 0.1) is 5.82 Å². The van der Waals surface area contributed by atoms with Gasteiger partial charge >= 0.3 is 0 Å². The van der Waals surface area contributed by atoms with E-state index in [0.29, 0.717) is 11.6 Å². The molecule has 1 aromatic rings. The topological polar surface area (TPSA) is 26.0 Å². The summed E-state index contributed by atoms with van der Waals surface area (Å²) >= 11 is 5.79. The van der Waals surface area contributed by atoms with E-state index >= 15 is 0 Å². The van der Waals surface area contributed by atoms with Gasteiger partial charge in [-0.3, -0.25) is 0 Å². The van der Waals surface area contributed by atoms with Gasteiger partial charge in [-0.15, -0.1) is 0 Å². The average molecular weight is 200 g/mol. The highest BCUT2D eigenvalue weighted by molar-refractivity contribution is 6.32. The van der Waals surface area contributed by atoms with Gasteiger partial charge in [0.25, 0.3) is 0 Å². The number of hydrogen-bond donors (Lipinski definition) is 1. The van der Waals surface area contributed by atoms with Crippen molar-refractivity contribution in [3.63, 3.8) is 0 Å². The minimum absolute atomic E-state index is 0.319. The summed E-state index contributed by atoms with van der Waals surface area (Å²) in [5.41, 5.74) is 6.13. The highest BCUT2D eigenvalue weighted by Gasteiger charge is 1.97. The molecule has 1 rings (SSSR count). The molecule has 0 aliphatic heterocycles. The van der Waals surface area contributed by atoms with Gasteiger partial charge in [0.05, 0.1) is 5.02 Å². The van der Waals surface area contributed by atoms with Crippen LogP contribution >= 0.6 is 11.6 Å². The molecule has 70 valence electrons. The van der Waals surface area contributed by atoms with Gasteiger partial charge in [-0.25, -0.2) is 4.39 Å². The van der Waals surface area contributed by atoms with Gasteiger partial charge in [0, 0.05) is 0 Å². The highest BCUT2D eigenvalue weighted by Crippen LogP contribution is 2.18. The van der Waals surface area contributed by atoms with Gasteiger partial charge in [-0.2, -0.15) is 0 Å². The molecule has 0 spiro atoms. The third kappa shape index (κ3) is 3.17. The van der Waals surface area contributed by atoms with Crippen LogP contribution in [-0.4, -0.2) is 6.54 Å². The van der Waals surface area contributed by atoms with Crippen LogP contribution in [0.2, 0.25) is 5.02 Å². The first-order valence-electron chi connectivity index (χ1n) is 4.05. The van der Waals surface area contributed by atoms with Gasteiger partial charge in [-0.05, 0) is 30.7 Å². The molecule has 0 saturated heterocycles. The molecule has 0 heterocycles. The van der Waals surface area contributed by atoms with Gasteiger partial charge in [-0.1, -0.05) is 29.8 Å². The average Bonchev–Trinajstić information content (AvgIpc) is 2.09. The van der Waals surface area contributed by atoms with Crippen molar-refractivity contribution in [2.45, 2.75) is 6.42 Å². The molecule has 0 amide bonds. The molecule has 13 heavy (non-hydrogen) atoms. The Kier molecular flexibility index (Phi) is 3.93. The molecule has 1 aromatic carbocycles. The molecule has 0 unspecified atom stereocenters. The quantitative estimate of drug-likeness (QED) is 0.796. The largest absolute Gasteiger partial charge is 0.330 e. The maximum Gasteiger partial charge on any atom is 0.124 e. The van der Waals surface area contributed by atoms with Crippen LogP contribution in [0.1, 0.15) is 12.0 Å². The summed E-state index contributed by atoms with van der Waals surface area (Å²) in [6.45, 7) is 0.606. The van der Waals surface area contributed by atoms with Crippen molar-refractivity contribution in [1.82, 2.24) is 0 Å². The van der Waals surface area contributed by atoms with E-state index in [2.05, 4.69) is 0 Å². The fourth-order valence-corrected chi connectivity index (χ4v) is 1.17. The lowest BCUT2D eigenvalue weighted by Crippen LogP contribution is -1.94. The molecule has 0 aliphatic carbocycles. The molecular formula is C10H11ClFN. The van der Waals surface area contributed by atoms with E-state index in [1.165, 1.54) is 12.1 Å². The lowest BCUT2D eigenvalue weighted by Gasteiger charge is -1.97. The lowest BCUT2D eigenvalue weighted by molar-refractivity contribution is 0.628. The minimum Gasteiger partial charge on any atom is -0.330 e. The zero-order chi connectivity index (χ0) is 9.68. The van der Waals surface area contributed by atoms with Crippen molar-refractivity contribution < 1.29 is 4.39 Å². The number of halogens is 2. The van der Waals surface area contributed by atoms with E-state index in [9.17, 15) is 4.39 Å². The number of benzene rings is 1. The maximum atomic E-state index is 12.6. The zero-order valence-corrected chi connectivity index (χ0v) is 7.89. The molecular weight excluding hydrogens is 189 g/mol. The second-order valence-electron chi connectivity index (χ2n) is 2.65. The van der Waals surface area contributed by atoms with E-state index in [1.54, 1.807) is 6.07 Å². The maximum absolute atomic E-state index is 12.6. The van der Waals surface area contributed by atoms with Crippen molar-refractivity contribution in [2.75, 3.05) is 6.54 Å². The van der Waals surface area contributed by atoms with Crippen LogP contribution in [0.4, 0.5) is 4.39 Å². The third-order valence-electron chi connectivity index (χ3n) is 1.59. The fourth-order valence-electron chi connectivity index (χ4n) is 0.943. The Morgan fingerprint density at radius 3 is 2.85 bits per heavy atom. The normalized spacial score (nSPS) is 11.0. The Hall–Kier alpha value is -0.860. The van der Waals surface area contributed by atoms with Gasteiger partial charge in [0.1, 0.15) is 5.82 Å². The van der Waals surface area contributed by atoms with Crippen LogP contribution < -0.4 is 5.73 Å². The predicted octanol–water partition coefficient (Wildman–Crippen LogP) is 2.84. The zero-order valence-electron chi connectivity index (χ0n) is 7.13. The Balaban J connectivity index is 2.77. The van der Waals surface area contributed by atoms with Crippen molar-refractivity contribution in [1.29, 1.82) is 0 Å². The predicted molar refractivity (Wildman–Crippen MR) is 54.1 cm³/mol. The Labute approximate surface area is 82.0 Å². The summed E-state index contributed by atoms with van der Waals surface area (Å²) in [7, 11) is 0. The summed E-state index contributed by atoms with van der Waals surface area (Å²) in [5, 5.41) is 0.424. The summed E-state index contributed by atoms with van der Waals surface area (Å²) in [4.78, 5) is 0. The van der Waals surface area contributed by atoms with Crippen LogP contribution in [0.25, 0.3) is 6.08 Å². The second-order valence-corrected chi connectivity index (χ2v) is 3.05. The molecule has 2 N–H and O–H groups in total. The highest BCUT2D eigenvalue weighted by atomic mass is 35.5. The van der Waals surface area contributed by atoms with E-state index < -0.39 is 0 Å².